The van der Waals surface area contributed by atoms with Gasteiger partial charge in [0, 0.05) is 12.7 Å². The zero-order valence-electron chi connectivity index (χ0n) is 13.6. The average Bonchev–Trinajstić information content (AvgIpc) is 2.60. The van der Waals surface area contributed by atoms with E-state index in [1.165, 1.54) is 5.56 Å². The van der Waals surface area contributed by atoms with Crippen molar-refractivity contribution in [2.24, 2.45) is 0 Å². The number of pyridine rings is 1. The summed E-state index contributed by atoms with van der Waals surface area (Å²) in [7, 11) is 1.66. The van der Waals surface area contributed by atoms with Gasteiger partial charge in [0.1, 0.15) is 5.75 Å². The van der Waals surface area contributed by atoms with Gasteiger partial charge >= 0.3 is 6.03 Å². The number of ether oxygens (including phenoxy) is 1. The summed E-state index contributed by atoms with van der Waals surface area (Å²) in [6.07, 6.45) is 3.53. The largest absolute Gasteiger partial charge is 0.497 e. The normalized spacial score (nSPS) is 11.6. The number of nitrogens with zero attached hydrogens (tertiary/aromatic N) is 1. The molecule has 1 heterocycles. The Morgan fingerprint density at radius 1 is 1.22 bits per heavy atom. The lowest BCUT2D eigenvalue weighted by Crippen LogP contribution is -2.37. The Hall–Kier alpha value is -2.56. The maximum absolute atomic E-state index is 11.9. The zero-order chi connectivity index (χ0) is 16.5. The Balaban J connectivity index is 1.66. The fraction of sp³-hybridized carbons (Fsp3) is 0.333. The molecule has 2 N–H and O–H groups in total. The van der Waals surface area contributed by atoms with E-state index in [2.05, 4.69) is 15.6 Å². The minimum Gasteiger partial charge on any atom is -0.497 e. The minimum absolute atomic E-state index is 0.113. The second kappa shape index (κ2) is 8.78. The van der Waals surface area contributed by atoms with Crippen LogP contribution in [0, 0.1) is 0 Å². The van der Waals surface area contributed by atoms with Crippen LogP contribution in [0.3, 0.4) is 0 Å². The van der Waals surface area contributed by atoms with E-state index < -0.39 is 0 Å². The first-order valence-corrected chi connectivity index (χ1v) is 7.77. The molecule has 1 aromatic carbocycles. The second-order valence-electron chi connectivity index (χ2n) is 5.33. The summed E-state index contributed by atoms with van der Waals surface area (Å²) >= 11 is 0. The highest BCUT2D eigenvalue weighted by molar-refractivity contribution is 5.74. The predicted molar refractivity (Wildman–Crippen MR) is 90.5 cm³/mol. The summed E-state index contributed by atoms with van der Waals surface area (Å²) in [6.45, 7) is 2.55. The number of hydrogen-bond acceptors (Lipinski definition) is 3. The monoisotopic (exact) mass is 313 g/mol. The SMILES string of the molecule is COc1ccc(CCCNC(=O)NC(C)c2ccccn2)cc1. The van der Waals surface area contributed by atoms with Crippen molar-refractivity contribution in [2.45, 2.75) is 25.8 Å². The Morgan fingerprint density at radius 2 is 2.00 bits per heavy atom. The van der Waals surface area contributed by atoms with E-state index in [0.717, 1.165) is 24.3 Å². The first-order chi connectivity index (χ1) is 11.2. The van der Waals surface area contributed by atoms with Crippen LogP contribution in [0.4, 0.5) is 4.79 Å². The highest BCUT2D eigenvalue weighted by Crippen LogP contribution is 2.12. The van der Waals surface area contributed by atoms with Crippen LogP contribution in [-0.2, 0) is 6.42 Å². The van der Waals surface area contributed by atoms with Crippen LogP contribution in [0.5, 0.6) is 5.75 Å². The van der Waals surface area contributed by atoms with Gasteiger partial charge in [-0.2, -0.15) is 0 Å². The molecule has 1 unspecified atom stereocenters. The standard InChI is InChI=1S/C18H23N3O2/c1-14(17-7-3-4-12-19-17)21-18(22)20-13-5-6-15-8-10-16(23-2)11-9-15/h3-4,7-12,14H,5-6,13H2,1-2H3,(H2,20,21,22). The number of nitrogens with one attached hydrogen (secondary N) is 2. The van der Waals surface area contributed by atoms with E-state index in [1.807, 2.05) is 49.4 Å². The predicted octanol–water partition coefficient (Wildman–Crippen LogP) is 3.08. The molecule has 5 nitrogen and oxygen atoms in total. The summed E-state index contributed by atoms with van der Waals surface area (Å²) in [5.74, 6) is 0.856. The van der Waals surface area contributed by atoms with Crippen molar-refractivity contribution in [1.29, 1.82) is 0 Å². The lowest BCUT2D eigenvalue weighted by atomic mass is 10.1. The third-order valence-corrected chi connectivity index (χ3v) is 3.57. The molecule has 0 saturated carbocycles. The second-order valence-corrected chi connectivity index (χ2v) is 5.33. The van der Waals surface area contributed by atoms with E-state index in [4.69, 9.17) is 4.74 Å². The number of aromatic nitrogens is 1. The van der Waals surface area contributed by atoms with Crippen molar-refractivity contribution in [2.75, 3.05) is 13.7 Å². The first kappa shape index (κ1) is 16.8. The van der Waals surface area contributed by atoms with Crippen molar-refractivity contribution in [3.63, 3.8) is 0 Å². The maximum atomic E-state index is 11.9. The molecule has 2 aromatic rings. The molecule has 0 aliphatic heterocycles. The zero-order valence-corrected chi connectivity index (χ0v) is 13.6. The Labute approximate surface area is 137 Å². The molecule has 1 atom stereocenters. The summed E-state index contributed by atoms with van der Waals surface area (Å²) in [5, 5.41) is 5.75. The van der Waals surface area contributed by atoms with E-state index in [-0.39, 0.29) is 12.1 Å². The minimum atomic E-state index is -0.169. The number of carbonyl (C=O) groups is 1. The fourth-order valence-corrected chi connectivity index (χ4v) is 2.24. The number of amides is 2. The average molecular weight is 313 g/mol. The Morgan fingerprint density at radius 3 is 2.65 bits per heavy atom. The van der Waals surface area contributed by atoms with Crippen LogP contribution in [0.1, 0.15) is 30.6 Å². The van der Waals surface area contributed by atoms with Gasteiger partial charge in [0.2, 0.25) is 0 Å². The van der Waals surface area contributed by atoms with Gasteiger partial charge in [-0.1, -0.05) is 18.2 Å². The summed E-state index contributed by atoms with van der Waals surface area (Å²) in [4.78, 5) is 16.1. The summed E-state index contributed by atoms with van der Waals surface area (Å²) < 4.78 is 5.13. The molecule has 0 spiro atoms. The van der Waals surface area contributed by atoms with Crippen molar-refractivity contribution in [1.82, 2.24) is 15.6 Å². The number of rotatable bonds is 7. The molecule has 0 aliphatic rings. The molecule has 2 rings (SSSR count). The molecule has 1 aromatic heterocycles. The van der Waals surface area contributed by atoms with Gasteiger partial charge < -0.3 is 15.4 Å². The molecule has 0 saturated heterocycles. The van der Waals surface area contributed by atoms with Crippen LogP contribution in [-0.4, -0.2) is 24.7 Å². The third-order valence-electron chi connectivity index (χ3n) is 3.57. The number of methoxy groups -OCH3 is 1. The molecular formula is C18H23N3O2. The van der Waals surface area contributed by atoms with E-state index >= 15 is 0 Å². The first-order valence-electron chi connectivity index (χ1n) is 7.77. The molecule has 122 valence electrons. The molecule has 5 heteroatoms. The number of carbonyl (C=O) groups excluding carboxylic acids is 1. The van der Waals surface area contributed by atoms with E-state index in [9.17, 15) is 4.79 Å². The smallest absolute Gasteiger partial charge is 0.315 e. The highest BCUT2D eigenvalue weighted by atomic mass is 16.5. The Kier molecular flexibility index (Phi) is 6.41. The maximum Gasteiger partial charge on any atom is 0.315 e. The van der Waals surface area contributed by atoms with Gasteiger partial charge in [0.15, 0.2) is 0 Å². The van der Waals surface area contributed by atoms with Crippen LogP contribution < -0.4 is 15.4 Å². The van der Waals surface area contributed by atoms with Crippen molar-refractivity contribution < 1.29 is 9.53 Å². The van der Waals surface area contributed by atoms with Gasteiger partial charge in [0.05, 0.1) is 18.8 Å². The van der Waals surface area contributed by atoms with E-state index in [1.54, 1.807) is 13.3 Å². The van der Waals surface area contributed by atoms with Crippen LogP contribution >= 0.6 is 0 Å². The lowest BCUT2D eigenvalue weighted by Gasteiger charge is -2.14. The lowest BCUT2D eigenvalue weighted by molar-refractivity contribution is 0.237. The molecule has 0 aliphatic carbocycles. The van der Waals surface area contributed by atoms with Crippen molar-refractivity contribution >= 4 is 6.03 Å². The van der Waals surface area contributed by atoms with Crippen LogP contribution in [0.2, 0.25) is 0 Å². The molecule has 2 amide bonds. The molecule has 0 radical (unpaired) electrons. The van der Waals surface area contributed by atoms with Gasteiger partial charge in [0.25, 0.3) is 0 Å². The van der Waals surface area contributed by atoms with Crippen molar-refractivity contribution in [3.8, 4) is 5.75 Å². The van der Waals surface area contributed by atoms with Gasteiger partial charge in [-0.05, 0) is 49.6 Å². The number of urea groups is 1. The molecule has 23 heavy (non-hydrogen) atoms. The molecule has 0 bridgehead atoms. The molecular weight excluding hydrogens is 290 g/mol. The Bertz CT molecular complexity index is 599. The van der Waals surface area contributed by atoms with Gasteiger partial charge in [-0.25, -0.2) is 4.79 Å². The summed E-state index contributed by atoms with van der Waals surface area (Å²) in [5.41, 5.74) is 2.08. The fourth-order valence-electron chi connectivity index (χ4n) is 2.24. The van der Waals surface area contributed by atoms with Gasteiger partial charge in [-0.3, -0.25) is 4.98 Å². The summed E-state index contributed by atoms with van der Waals surface area (Å²) in [6, 6.07) is 13.4. The highest BCUT2D eigenvalue weighted by Gasteiger charge is 2.09. The quantitative estimate of drug-likeness (QED) is 0.772. The number of hydrogen-bond donors (Lipinski definition) is 2. The number of benzene rings is 1. The third kappa shape index (κ3) is 5.62. The van der Waals surface area contributed by atoms with Crippen LogP contribution in [0.25, 0.3) is 0 Å². The van der Waals surface area contributed by atoms with Crippen LogP contribution in [0.15, 0.2) is 48.7 Å². The molecule has 0 fully saturated rings. The number of aryl methyl sites for hydroxylation is 1. The van der Waals surface area contributed by atoms with Gasteiger partial charge in [-0.15, -0.1) is 0 Å². The topological polar surface area (TPSA) is 63.2 Å². The van der Waals surface area contributed by atoms with Crippen molar-refractivity contribution in [3.05, 3.63) is 59.9 Å². The van der Waals surface area contributed by atoms with E-state index in [0.29, 0.717) is 6.54 Å².